The number of ether oxygens (including phenoxy) is 2. The number of hydrogen-bond donors (Lipinski definition) is 0. The van der Waals surface area contributed by atoms with Gasteiger partial charge in [0, 0.05) is 19.5 Å². The summed E-state index contributed by atoms with van der Waals surface area (Å²) in [6, 6.07) is 5.62. The minimum atomic E-state index is -0.585. The Morgan fingerprint density at radius 3 is 2.38 bits per heavy atom. The zero-order chi connectivity index (χ0) is 23.5. The van der Waals surface area contributed by atoms with Gasteiger partial charge in [0.05, 0.1) is 12.6 Å². The third-order valence-electron chi connectivity index (χ3n) is 5.55. The third-order valence-corrected chi connectivity index (χ3v) is 5.55. The molecule has 0 bridgehead atoms. The van der Waals surface area contributed by atoms with Crippen molar-refractivity contribution in [3.63, 3.8) is 0 Å². The van der Waals surface area contributed by atoms with Crippen LogP contribution in [0.3, 0.4) is 0 Å². The predicted octanol–water partition coefficient (Wildman–Crippen LogP) is 5.39. The Labute approximate surface area is 189 Å². The van der Waals surface area contributed by atoms with Crippen LogP contribution in [0.25, 0.3) is 0 Å². The number of likely N-dealkylation sites (tertiary alicyclic amines) is 1. The zero-order valence-electron chi connectivity index (χ0n) is 19.0. The Kier molecular flexibility index (Phi) is 7.06. The van der Waals surface area contributed by atoms with E-state index in [9.17, 15) is 14.0 Å². The van der Waals surface area contributed by atoms with Crippen molar-refractivity contribution in [2.75, 3.05) is 19.6 Å². The molecule has 2 amide bonds. The summed E-state index contributed by atoms with van der Waals surface area (Å²) < 4.78 is 24.7. The number of amides is 2. The highest BCUT2D eigenvalue weighted by molar-refractivity contribution is 5.71. The summed E-state index contributed by atoms with van der Waals surface area (Å²) in [4.78, 5) is 28.7. The van der Waals surface area contributed by atoms with Gasteiger partial charge in [-0.1, -0.05) is 37.4 Å². The number of halogens is 1. The molecule has 1 fully saturated rings. The molecule has 0 aromatic heterocycles. The molecule has 1 saturated heterocycles. The lowest BCUT2D eigenvalue weighted by Crippen LogP contribution is -2.42. The van der Waals surface area contributed by atoms with Gasteiger partial charge in [0.15, 0.2) is 0 Å². The number of hydrogen-bond acceptors (Lipinski definition) is 4. The van der Waals surface area contributed by atoms with Gasteiger partial charge in [-0.2, -0.15) is 0 Å². The summed E-state index contributed by atoms with van der Waals surface area (Å²) >= 11 is 0. The molecule has 0 radical (unpaired) electrons. The highest BCUT2D eigenvalue weighted by atomic mass is 19.1. The molecule has 3 rings (SSSR count). The molecule has 7 heteroatoms. The fourth-order valence-electron chi connectivity index (χ4n) is 4.05. The minimum Gasteiger partial charge on any atom is -0.444 e. The van der Waals surface area contributed by atoms with Crippen LogP contribution in [0.1, 0.15) is 45.2 Å². The molecule has 2 atom stereocenters. The van der Waals surface area contributed by atoms with Gasteiger partial charge < -0.3 is 14.4 Å². The summed E-state index contributed by atoms with van der Waals surface area (Å²) in [5, 5.41) is 0. The Bertz CT molecular complexity index is 917. The molecule has 32 heavy (non-hydrogen) atoms. The van der Waals surface area contributed by atoms with Gasteiger partial charge in [0.25, 0.3) is 0 Å². The number of allylic oxidation sites excluding steroid dienone is 1. The van der Waals surface area contributed by atoms with E-state index in [1.807, 2.05) is 20.8 Å². The molecule has 1 aromatic rings. The molecular weight excluding hydrogens is 411 g/mol. The highest BCUT2D eigenvalue weighted by Gasteiger charge is 2.37. The minimum absolute atomic E-state index is 0.289. The second kappa shape index (κ2) is 9.59. The van der Waals surface area contributed by atoms with E-state index in [4.69, 9.17) is 9.47 Å². The standard InChI is InChI=1S/C25H31FN2O4/c1-6-17-12-15-28(22(21(17)7-2)18-8-10-19(26)11-9-18)24(30)31-20-13-14-27(16-20)23(29)32-25(3,4)5/h6-11,20,22H,1-2,12-16H2,3-5H3/t20-,22-/m0/s1. The normalized spacial score (nSPS) is 21.4. The molecule has 1 aromatic carbocycles. The summed E-state index contributed by atoms with van der Waals surface area (Å²) in [6.45, 7) is 14.4. The molecule has 0 aliphatic carbocycles. The van der Waals surface area contributed by atoms with Crippen molar-refractivity contribution in [2.24, 2.45) is 0 Å². The van der Waals surface area contributed by atoms with E-state index in [1.54, 1.807) is 34.1 Å². The number of rotatable bonds is 4. The maximum absolute atomic E-state index is 13.5. The molecular formula is C25H31FN2O4. The third kappa shape index (κ3) is 5.39. The summed E-state index contributed by atoms with van der Waals surface area (Å²) in [5.41, 5.74) is 2.02. The van der Waals surface area contributed by atoms with Gasteiger partial charge in [-0.15, -0.1) is 0 Å². The van der Waals surface area contributed by atoms with E-state index in [1.165, 1.54) is 12.1 Å². The van der Waals surface area contributed by atoms with Crippen molar-refractivity contribution in [2.45, 2.75) is 51.4 Å². The van der Waals surface area contributed by atoms with Crippen LogP contribution >= 0.6 is 0 Å². The second-order valence-corrected chi connectivity index (χ2v) is 9.01. The SMILES string of the molecule is C=CC1=C(C=C)[C@H](c2ccc(F)cc2)N(C(=O)O[C@H]2CCN(C(=O)OC(C)(C)C)C2)CC1. The van der Waals surface area contributed by atoms with Crippen LogP contribution in [0, 0.1) is 5.82 Å². The number of carbonyl (C=O) groups excluding carboxylic acids is 2. The van der Waals surface area contributed by atoms with Crippen molar-refractivity contribution in [1.29, 1.82) is 0 Å². The largest absolute Gasteiger partial charge is 0.444 e. The lowest BCUT2D eigenvalue weighted by atomic mass is 9.88. The first-order valence-corrected chi connectivity index (χ1v) is 10.8. The van der Waals surface area contributed by atoms with E-state index >= 15 is 0 Å². The maximum atomic E-state index is 13.5. The Morgan fingerprint density at radius 1 is 1.09 bits per heavy atom. The molecule has 0 N–H and O–H groups in total. The predicted molar refractivity (Wildman–Crippen MR) is 121 cm³/mol. The van der Waals surface area contributed by atoms with E-state index in [0.717, 1.165) is 16.7 Å². The van der Waals surface area contributed by atoms with Gasteiger partial charge in [-0.25, -0.2) is 14.0 Å². The van der Waals surface area contributed by atoms with Crippen molar-refractivity contribution in [3.05, 3.63) is 72.1 Å². The Hall–Kier alpha value is -3.09. The van der Waals surface area contributed by atoms with E-state index in [-0.39, 0.29) is 12.4 Å². The number of nitrogens with zero attached hydrogens (tertiary/aromatic N) is 2. The van der Waals surface area contributed by atoms with Gasteiger partial charge >= 0.3 is 12.2 Å². The average Bonchev–Trinajstić information content (AvgIpc) is 3.20. The maximum Gasteiger partial charge on any atom is 0.410 e. The molecule has 0 saturated carbocycles. The van der Waals surface area contributed by atoms with Crippen LogP contribution in [-0.4, -0.2) is 53.3 Å². The molecule has 0 spiro atoms. The first-order valence-electron chi connectivity index (χ1n) is 10.8. The second-order valence-electron chi connectivity index (χ2n) is 9.01. The Morgan fingerprint density at radius 2 is 1.78 bits per heavy atom. The van der Waals surface area contributed by atoms with E-state index in [0.29, 0.717) is 25.9 Å². The lowest BCUT2D eigenvalue weighted by molar-refractivity contribution is 0.0230. The number of benzene rings is 1. The van der Waals surface area contributed by atoms with Crippen molar-refractivity contribution in [3.8, 4) is 0 Å². The van der Waals surface area contributed by atoms with Crippen LogP contribution in [0.4, 0.5) is 14.0 Å². The van der Waals surface area contributed by atoms with Crippen molar-refractivity contribution < 1.29 is 23.5 Å². The fourth-order valence-corrected chi connectivity index (χ4v) is 4.05. The Balaban J connectivity index is 1.75. The van der Waals surface area contributed by atoms with Gasteiger partial charge in [0.2, 0.25) is 0 Å². The van der Waals surface area contributed by atoms with Gasteiger partial charge in [-0.3, -0.25) is 4.90 Å². The van der Waals surface area contributed by atoms with Gasteiger partial charge in [0.1, 0.15) is 17.5 Å². The van der Waals surface area contributed by atoms with E-state index < -0.39 is 29.9 Å². The van der Waals surface area contributed by atoms with E-state index in [2.05, 4.69) is 13.2 Å². The van der Waals surface area contributed by atoms with Crippen molar-refractivity contribution >= 4 is 12.2 Å². The van der Waals surface area contributed by atoms with Crippen LogP contribution < -0.4 is 0 Å². The molecule has 2 aliphatic rings. The molecule has 2 heterocycles. The first-order chi connectivity index (χ1) is 15.1. The van der Waals surface area contributed by atoms with Gasteiger partial charge in [-0.05, 0) is 56.0 Å². The molecule has 172 valence electrons. The number of carbonyl (C=O) groups is 2. The molecule has 0 unspecified atom stereocenters. The molecule has 2 aliphatic heterocycles. The topological polar surface area (TPSA) is 59.1 Å². The van der Waals surface area contributed by atoms with Crippen molar-refractivity contribution in [1.82, 2.24) is 9.80 Å². The highest BCUT2D eigenvalue weighted by Crippen LogP contribution is 2.37. The quantitative estimate of drug-likeness (QED) is 0.628. The fraction of sp³-hybridized carbons (Fsp3) is 0.440. The zero-order valence-corrected chi connectivity index (χ0v) is 19.0. The van der Waals surface area contributed by atoms with Crippen LogP contribution in [0.15, 0.2) is 60.7 Å². The average molecular weight is 443 g/mol. The summed E-state index contributed by atoms with van der Waals surface area (Å²) in [6.07, 6.45) is 3.34. The summed E-state index contributed by atoms with van der Waals surface area (Å²) in [5.74, 6) is -0.347. The molecule has 6 nitrogen and oxygen atoms in total. The lowest BCUT2D eigenvalue weighted by Gasteiger charge is -2.37. The summed E-state index contributed by atoms with van der Waals surface area (Å²) in [7, 11) is 0. The van der Waals surface area contributed by atoms with Crippen LogP contribution in [-0.2, 0) is 9.47 Å². The van der Waals surface area contributed by atoms with Crippen LogP contribution in [0.2, 0.25) is 0 Å². The van der Waals surface area contributed by atoms with Crippen LogP contribution in [0.5, 0.6) is 0 Å². The monoisotopic (exact) mass is 442 g/mol. The first kappa shape index (κ1) is 23.6. The smallest absolute Gasteiger partial charge is 0.410 e.